The fourth-order valence-electron chi connectivity index (χ4n) is 3.84. The maximum absolute atomic E-state index is 12.2. The number of hydrogen-bond acceptors (Lipinski definition) is 5. The summed E-state index contributed by atoms with van der Waals surface area (Å²) in [5.74, 6) is -0.405. The van der Waals surface area contributed by atoms with E-state index in [1.807, 2.05) is 6.07 Å². The van der Waals surface area contributed by atoms with Crippen molar-refractivity contribution in [2.24, 2.45) is 0 Å². The van der Waals surface area contributed by atoms with E-state index in [9.17, 15) is 14.7 Å². The van der Waals surface area contributed by atoms with E-state index in [4.69, 9.17) is 4.74 Å². The molecule has 2 fully saturated rings. The molecule has 0 amide bonds. The second kappa shape index (κ2) is 6.81. The van der Waals surface area contributed by atoms with Crippen molar-refractivity contribution >= 4 is 11.8 Å². The largest absolute Gasteiger partial charge is 0.460 e. The zero-order valence-corrected chi connectivity index (χ0v) is 13.4. The molecule has 1 aromatic rings. The molecule has 3 atom stereocenters. The number of aliphatic hydroxyl groups is 1. The van der Waals surface area contributed by atoms with Gasteiger partial charge in [-0.05, 0) is 25.3 Å². The average Bonchev–Trinajstić information content (AvgIpc) is 2.77. The Morgan fingerprint density at radius 1 is 1.22 bits per heavy atom. The maximum atomic E-state index is 12.2. The van der Waals surface area contributed by atoms with Crippen molar-refractivity contribution in [1.29, 1.82) is 0 Å². The minimum Gasteiger partial charge on any atom is -0.460 e. The predicted octanol–water partition coefficient (Wildman–Crippen LogP) is 1.85. The molecule has 0 spiro atoms. The number of carbonyl (C=O) groups excluding carboxylic acids is 2. The molecule has 5 heteroatoms. The first-order valence-corrected chi connectivity index (χ1v) is 8.23. The summed E-state index contributed by atoms with van der Waals surface area (Å²) >= 11 is 0. The molecule has 5 nitrogen and oxygen atoms in total. The summed E-state index contributed by atoms with van der Waals surface area (Å²) in [6.07, 6.45) is 2.19. The van der Waals surface area contributed by atoms with Crippen LogP contribution in [0, 0.1) is 0 Å². The zero-order chi connectivity index (χ0) is 16.4. The number of benzene rings is 1. The second-order valence-corrected chi connectivity index (χ2v) is 6.60. The highest BCUT2D eigenvalue weighted by atomic mass is 16.6. The van der Waals surface area contributed by atoms with Gasteiger partial charge in [0, 0.05) is 24.9 Å². The number of piperidine rings is 1. The van der Waals surface area contributed by atoms with Crippen LogP contribution in [0.4, 0.5) is 0 Å². The molecule has 0 aliphatic carbocycles. The molecule has 0 saturated carbocycles. The fourth-order valence-corrected chi connectivity index (χ4v) is 3.84. The van der Waals surface area contributed by atoms with Gasteiger partial charge >= 0.3 is 5.97 Å². The van der Waals surface area contributed by atoms with Gasteiger partial charge in [0.25, 0.3) is 0 Å². The lowest BCUT2D eigenvalue weighted by Crippen LogP contribution is -2.47. The highest BCUT2D eigenvalue weighted by Gasteiger charge is 2.42. The van der Waals surface area contributed by atoms with Crippen molar-refractivity contribution in [3.8, 4) is 0 Å². The molecule has 0 aromatic heterocycles. The topological polar surface area (TPSA) is 66.8 Å². The zero-order valence-electron chi connectivity index (χ0n) is 13.4. The van der Waals surface area contributed by atoms with E-state index in [-0.39, 0.29) is 11.9 Å². The van der Waals surface area contributed by atoms with Gasteiger partial charge < -0.3 is 9.84 Å². The van der Waals surface area contributed by atoms with Crippen molar-refractivity contribution in [2.45, 2.75) is 56.9 Å². The lowest BCUT2D eigenvalue weighted by molar-refractivity contribution is -0.163. The van der Waals surface area contributed by atoms with Crippen LogP contribution in [-0.2, 0) is 14.3 Å². The molecule has 124 valence electrons. The lowest BCUT2D eigenvalue weighted by atomic mass is 9.99. The van der Waals surface area contributed by atoms with Gasteiger partial charge in [-0.25, -0.2) is 4.79 Å². The van der Waals surface area contributed by atoms with Crippen LogP contribution in [0.1, 0.15) is 44.3 Å². The number of aliphatic hydroxyl groups excluding tert-OH is 1. The summed E-state index contributed by atoms with van der Waals surface area (Å²) in [5, 5.41) is 10.1. The van der Waals surface area contributed by atoms with Crippen LogP contribution in [0.5, 0.6) is 0 Å². The third-order valence-corrected chi connectivity index (χ3v) is 4.87. The molecule has 2 heterocycles. The number of hydrogen-bond donors (Lipinski definition) is 1. The number of ether oxygens (including phenoxy) is 1. The summed E-state index contributed by atoms with van der Waals surface area (Å²) < 4.78 is 5.54. The van der Waals surface area contributed by atoms with Gasteiger partial charge in [0.15, 0.2) is 6.10 Å². The predicted molar refractivity (Wildman–Crippen MR) is 84.7 cm³/mol. The molecule has 0 radical (unpaired) electrons. The van der Waals surface area contributed by atoms with Crippen molar-refractivity contribution in [2.75, 3.05) is 6.54 Å². The monoisotopic (exact) mass is 317 g/mol. The number of Topliss-reactive ketones (excluding diaryl/α,β-unsaturated/α-hetero) is 1. The Hall–Kier alpha value is -1.72. The first kappa shape index (κ1) is 16.1. The first-order valence-electron chi connectivity index (χ1n) is 8.23. The molecule has 2 aliphatic rings. The summed E-state index contributed by atoms with van der Waals surface area (Å²) in [6, 6.07) is 9.45. The minimum absolute atomic E-state index is 0.165. The van der Waals surface area contributed by atoms with E-state index < -0.39 is 12.1 Å². The Morgan fingerprint density at radius 2 is 1.83 bits per heavy atom. The highest BCUT2D eigenvalue weighted by molar-refractivity contribution is 5.78. The van der Waals surface area contributed by atoms with Gasteiger partial charge in [0.2, 0.25) is 0 Å². The molecule has 23 heavy (non-hydrogen) atoms. The molecular weight excluding hydrogens is 294 g/mol. The van der Waals surface area contributed by atoms with Gasteiger partial charge in [0.1, 0.15) is 11.9 Å². The van der Waals surface area contributed by atoms with Gasteiger partial charge in [-0.2, -0.15) is 0 Å². The number of fused-ring (bicyclic) bond motifs is 2. The van der Waals surface area contributed by atoms with Gasteiger partial charge in [-0.1, -0.05) is 30.3 Å². The van der Waals surface area contributed by atoms with E-state index in [0.29, 0.717) is 24.2 Å². The number of carbonyl (C=O) groups is 2. The Bertz CT molecular complexity index is 560. The fraction of sp³-hybridized carbons (Fsp3) is 0.556. The third-order valence-electron chi connectivity index (χ3n) is 4.87. The van der Waals surface area contributed by atoms with Crippen LogP contribution in [0.15, 0.2) is 30.3 Å². The standard InChI is InChI=1S/C18H23NO4/c1-12(20)11-19-14-7-8-15(19)10-16(9-14)23-18(22)17(21)13-5-3-2-4-6-13/h2-6,14-17,21H,7-11H2,1H3. The molecule has 2 bridgehead atoms. The van der Waals surface area contributed by atoms with Crippen LogP contribution in [0.2, 0.25) is 0 Å². The second-order valence-electron chi connectivity index (χ2n) is 6.60. The van der Waals surface area contributed by atoms with Gasteiger partial charge in [-0.3, -0.25) is 9.69 Å². The van der Waals surface area contributed by atoms with Crippen molar-refractivity contribution in [3.63, 3.8) is 0 Å². The van der Waals surface area contributed by atoms with Crippen LogP contribution in [0.25, 0.3) is 0 Å². The molecule has 1 aromatic carbocycles. The van der Waals surface area contributed by atoms with E-state index in [0.717, 1.165) is 25.7 Å². The third kappa shape index (κ3) is 3.62. The quantitative estimate of drug-likeness (QED) is 0.840. The Labute approximate surface area is 136 Å². The summed E-state index contributed by atoms with van der Waals surface area (Å²) in [7, 11) is 0. The summed E-state index contributed by atoms with van der Waals surface area (Å²) in [6.45, 7) is 2.10. The van der Waals surface area contributed by atoms with E-state index in [2.05, 4.69) is 4.90 Å². The van der Waals surface area contributed by atoms with Crippen molar-refractivity contribution < 1.29 is 19.4 Å². The Balaban J connectivity index is 1.58. The minimum atomic E-state index is -1.23. The van der Waals surface area contributed by atoms with E-state index in [1.165, 1.54) is 0 Å². The van der Waals surface area contributed by atoms with Crippen LogP contribution >= 0.6 is 0 Å². The lowest BCUT2D eigenvalue weighted by Gasteiger charge is -2.38. The summed E-state index contributed by atoms with van der Waals surface area (Å²) in [5.41, 5.74) is 0.550. The maximum Gasteiger partial charge on any atom is 0.339 e. The normalized spacial score (nSPS) is 28.3. The van der Waals surface area contributed by atoms with E-state index in [1.54, 1.807) is 31.2 Å². The first-order chi connectivity index (χ1) is 11.0. The molecule has 3 rings (SSSR count). The Morgan fingerprint density at radius 3 is 2.39 bits per heavy atom. The van der Waals surface area contributed by atoms with Crippen LogP contribution in [-0.4, -0.2) is 46.5 Å². The van der Waals surface area contributed by atoms with Crippen molar-refractivity contribution in [1.82, 2.24) is 4.90 Å². The van der Waals surface area contributed by atoms with Gasteiger partial charge in [0.05, 0.1) is 6.54 Å². The number of esters is 1. The van der Waals surface area contributed by atoms with Crippen LogP contribution in [0.3, 0.4) is 0 Å². The van der Waals surface area contributed by atoms with Gasteiger partial charge in [-0.15, -0.1) is 0 Å². The van der Waals surface area contributed by atoms with Crippen LogP contribution < -0.4 is 0 Å². The highest BCUT2D eigenvalue weighted by Crippen LogP contribution is 2.37. The average molecular weight is 317 g/mol. The molecule has 2 saturated heterocycles. The number of rotatable bonds is 5. The van der Waals surface area contributed by atoms with Crippen molar-refractivity contribution in [3.05, 3.63) is 35.9 Å². The number of nitrogens with zero attached hydrogens (tertiary/aromatic N) is 1. The molecule has 1 N–H and O–H groups in total. The SMILES string of the molecule is CC(=O)CN1C2CCC1CC(OC(=O)C(O)c1ccccc1)C2. The number of ketones is 1. The summed E-state index contributed by atoms with van der Waals surface area (Å²) in [4.78, 5) is 25.8. The molecule has 2 aliphatic heterocycles. The van der Waals surface area contributed by atoms with E-state index >= 15 is 0 Å². The smallest absolute Gasteiger partial charge is 0.339 e. The Kier molecular flexibility index (Phi) is 4.78. The molecular formula is C18H23NO4. The molecule has 3 unspecified atom stereocenters.